The standard InChI is InChI=1S/C23H26N6O.2C2HF3O2/c1-16-19(17(2)30-26-16)13-28-12-11-27(3)22(15-28)20-14-29-21(5-4-6-23(29)25-20)18-7-9-24-10-8-18;2*3-2(4,5)1(6)7/h4-10,14,22H,11-13,15H2,1-3H3;2*(H,6,7). The molecule has 5 heterocycles. The first-order valence-electron chi connectivity index (χ1n) is 12.8. The SMILES string of the molecule is Cc1noc(C)c1CN1CCN(C)C(c2cn3c(-c4ccncc4)cccc3n2)C1.O=C(O)C(F)(F)F.O=C(O)C(F)(F)F. The van der Waals surface area contributed by atoms with Crippen LogP contribution < -0.4 is 0 Å². The van der Waals surface area contributed by atoms with Gasteiger partial charge in [0.2, 0.25) is 0 Å². The predicted octanol–water partition coefficient (Wildman–Crippen LogP) is 4.76. The molecule has 0 spiro atoms. The van der Waals surface area contributed by atoms with Gasteiger partial charge in [0.1, 0.15) is 11.4 Å². The highest BCUT2D eigenvalue weighted by molar-refractivity contribution is 5.73. The Bertz CT molecular complexity index is 1530. The van der Waals surface area contributed by atoms with E-state index < -0.39 is 24.3 Å². The van der Waals surface area contributed by atoms with E-state index in [1.165, 1.54) is 5.56 Å². The fourth-order valence-electron chi connectivity index (χ4n) is 4.29. The average Bonchev–Trinajstić information content (AvgIpc) is 3.52. The molecule has 1 aliphatic rings. The summed E-state index contributed by atoms with van der Waals surface area (Å²) in [6.07, 6.45) is -4.33. The summed E-state index contributed by atoms with van der Waals surface area (Å²) in [5.41, 5.74) is 6.51. The van der Waals surface area contributed by atoms with Crippen molar-refractivity contribution in [3.8, 4) is 11.3 Å². The third-order valence-corrected chi connectivity index (χ3v) is 6.61. The number of nitrogens with zero attached hydrogens (tertiary/aromatic N) is 6. The van der Waals surface area contributed by atoms with E-state index in [1.807, 2.05) is 38.4 Å². The Morgan fingerprint density at radius 3 is 2.09 bits per heavy atom. The number of aryl methyl sites for hydroxylation is 2. The summed E-state index contributed by atoms with van der Waals surface area (Å²) >= 11 is 0. The highest BCUT2D eigenvalue weighted by Crippen LogP contribution is 2.28. The lowest BCUT2D eigenvalue weighted by Gasteiger charge is -2.38. The molecule has 17 heteroatoms. The minimum atomic E-state index is -5.08. The quantitative estimate of drug-likeness (QED) is 0.304. The molecule has 0 amide bonds. The summed E-state index contributed by atoms with van der Waals surface area (Å²) in [7, 11) is 2.19. The van der Waals surface area contributed by atoms with Crippen LogP contribution in [-0.2, 0) is 16.1 Å². The van der Waals surface area contributed by atoms with Crippen molar-refractivity contribution >= 4 is 17.6 Å². The number of carboxylic acids is 2. The van der Waals surface area contributed by atoms with Crippen LogP contribution >= 0.6 is 0 Å². The number of aromatic nitrogens is 4. The Kier molecular flexibility index (Phi) is 10.7. The zero-order valence-electron chi connectivity index (χ0n) is 23.6. The highest BCUT2D eigenvalue weighted by Gasteiger charge is 2.39. The summed E-state index contributed by atoms with van der Waals surface area (Å²) in [6.45, 7) is 7.82. The van der Waals surface area contributed by atoms with Crippen LogP contribution in [0.15, 0.2) is 53.4 Å². The van der Waals surface area contributed by atoms with E-state index in [4.69, 9.17) is 29.3 Å². The van der Waals surface area contributed by atoms with Crippen molar-refractivity contribution in [1.82, 2.24) is 29.3 Å². The third kappa shape index (κ3) is 8.76. The lowest BCUT2D eigenvalue weighted by molar-refractivity contribution is -0.193. The number of piperazine rings is 1. The fourth-order valence-corrected chi connectivity index (χ4v) is 4.29. The number of halogens is 6. The number of rotatable bonds is 4. The van der Waals surface area contributed by atoms with E-state index in [-0.39, 0.29) is 6.04 Å². The van der Waals surface area contributed by atoms with Gasteiger partial charge in [-0.2, -0.15) is 26.3 Å². The molecule has 0 radical (unpaired) electrons. The van der Waals surface area contributed by atoms with Gasteiger partial charge in [0.25, 0.3) is 0 Å². The summed E-state index contributed by atoms with van der Waals surface area (Å²) in [4.78, 5) is 31.8. The second kappa shape index (κ2) is 13.9. The second-order valence-corrected chi connectivity index (χ2v) is 9.68. The first-order valence-corrected chi connectivity index (χ1v) is 12.8. The zero-order chi connectivity index (χ0) is 32.8. The van der Waals surface area contributed by atoms with Gasteiger partial charge in [-0.3, -0.25) is 19.2 Å². The number of pyridine rings is 2. The maximum absolute atomic E-state index is 10.6. The lowest BCUT2D eigenvalue weighted by atomic mass is 10.1. The molecule has 1 atom stereocenters. The molecule has 238 valence electrons. The lowest BCUT2D eigenvalue weighted by Crippen LogP contribution is -2.46. The molecule has 0 aliphatic carbocycles. The first-order chi connectivity index (χ1) is 20.5. The van der Waals surface area contributed by atoms with Gasteiger partial charge >= 0.3 is 24.3 Å². The number of likely N-dealkylation sites (N-methyl/N-ethyl adjacent to an activating group) is 1. The van der Waals surface area contributed by atoms with E-state index in [0.29, 0.717) is 0 Å². The molecule has 1 unspecified atom stereocenters. The molecule has 11 nitrogen and oxygen atoms in total. The van der Waals surface area contributed by atoms with Gasteiger partial charge in [-0.1, -0.05) is 11.2 Å². The number of carboxylic acid groups (broad SMARTS) is 2. The molecule has 0 aromatic carbocycles. The summed E-state index contributed by atoms with van der Waals surface area (Å²) < 4.78 is 71.0. The van der Waals surface area contributed by atoms with Crippen LogP contribution in [0.25, 0.3) is 16.9 Å². The van der Waals surface area contributed by atoms with Crippen molar-refractivity contribution in [2.45, 2.75) is 38.8 Å². The van der Waals surface area contributed by atoms with Crippen LogP contribution in [0.3, 0.4) is 0 Å². The van der Waals surface area contributed by atoms with Crippen LogP contribution in [-0.4, -0.2) is 90.5 Å². The fraction of sp³-hybridized carbons (Fsp3) is 0.370. The molecule has 4 aromatic heterocycles. The maximum atomic E-state index is 10.6. The minimum Gasteiger partial charge on any atom is -0.475 e. The van der Waals surface area contributed by atoms with Gasteiger partial charge in [-0.25, -0.2) is 14.6 Å². The number of imidazole rings is 1. The third-order valence-electron chi connectivity index (χ3n) is 6.61. The monoisotopic (exact) mass is 630 g/mol. The number of hydrogen-bond donors (Lipinski definition) is 2. The molecule has 1 aliphatic heterocycles. The first kappa shape index (κ1) is 34.0. The van der Waals surface area contributed by atoms with E-state index in [0.717, 1.165) is 60.2 Å². The van der Waals surface area contributed by atoms with Gasteiger partial charge in [0.15, 0.2) is 0 Å². The van der Waals surface area contributed by atoms with Crippen LogP contribution in [0.1, 0.15) is 28.8 Å². The van der Waals surface area contributed by atoms with E-state index in [2.05, 4.69) is 55.8 Å². The van der Waals surface area contributed by atoms with E-state index in [9.17, 15) is 26.3 Å². The van der Waals surface area contributed by atoms with Crippen molar-refractivity contribution in [1.29, 1.82) is 0 Å². The Labute approximate surface area is 246 Å². The van der Waals surface area contributed by atoms with E-state index >= 15 is 0 Å². The topological polar surface area (TPSA) is 137 Å². The van der Waals surface area contributed by atoms with Gasteiger partial charge < -0.3 is 14.7 Å². The van der Waals surface area contributed by atoms with Gasteiger partial charge in [0, 0.05) is 55.9 Å². The Balaban J connectivity index is 0.000000317. The number of aliphatic carboxylic acids is 2. The van der Waals surface area contributed by atoms with Crippen molar-refractivity contribution in [2.24, 2.45) is 0 Å². The molecular formula is C27H28F6N6O5. The molecule has 0 saturated carbocycles. The van der Waals surface area contributed by atoms with Crippen molar-refractivity contribution in [3.05, 3.63) is 71.6 Å². The minimum absolute atomic E-state index is 0.240. The van der Waals surface area contributed by atoms with Crippen LogP contribution in [0, 0.1) is 13.8 Å². The average molecular weight is 631 g/mol. The number of fused-ring (bicyclic) bond motifs is 1. The van der Waals surface area contributed by atoms with Gasteiger partial charge in [-0.15, -0.1) is 0 Å². The highest BCUT2D eigenvalue weighted by atomic mass is 19.4. The van der Waals surface area contributed by atoms with Crippen LogP contribution in [0.5, 0.6) is 0 Å². The van der Waals surface area contributed by atoms with Crippen molar-refractivity contribution in [2.75, 3.05) is 26.7 Å². The molecule has 1 fully saturated rings. The summed E-state index contributed by atoms with van der Waals surface area (Å²) in [5, 5.41) is 18.4. The van der Waals surface area contributed by atoms with Crippen molar-refractivity contribution in [3.63, 3.8) is 0 Å². The van der Waals surface area contributed by atoms with Crippen LogP contribution in [0.4, 0.5) is 26.3 Å². The van der Waals surface area contributed by atoms with Gasteiger partial charge in [-0.05, 0) is 45.2 Å². The summed E-state index contributed by atoms with van der Waals surface area (Å²) in [6, 6.07) is 10.6. The molecule has 44 heavy (non-hydrogen) atoms. The molecule has 0 bridgehead atoms. The largest absolute Gasteiger partial charge is 0.490 e. The predicted molar refractivity (Wildman–Crippen MR) is 142 cm³/mol. The van der Waals surface area contributed by atoms with Gasteiger partial charge in [0.05, 0.1) is 23.1 Å². The number of hydrogen-bond acceptors (Lipinski definition) is 8. The molecular weight excluding hydrogens is 602 g/mol. The maximum Gasteiger partial charge on any atom is 0.490 e. The van der Waals surface area contributed by atoms with E-state index in [1.54, 1.807) is 0 Å². The number of carbonyl (C=O) groups is 2. The molecule has 1 saturated heterocycles. The molecule has 2 N–H and O–H groups in total. The molecule has 5 rings (SSSR count). The summed E-state index contributed by atoms with van der Waals surface area (Å²) in [5.74, 6) is -4.60. The smallest absolute Gasteiger partial charge is 0.475 e. The normalized spacial score (nSPS) is 16.1. The van der Waals surface area contributed by atoms with Crippen molar-refractivity contribution < 1.29 is 50.7 Å². The molecule has 4 aromatic rings. The zero-order valence-corrected chi connectivity index (χ0v) is 23.6. The van der Waals surface area contributed by atoms with Crippen LogP contribution in [0.2, 0.25) is 0 Å². The Hall–Kier alpha value is -4.51. The number of alkyl halides is 6. The Morgan fingerprint density at radius 1 is 0.977 bits per heavy atom. The Morgan fingerprint density at radius 2 is 1.57 bits per heavy atom. The second-order valence-electron chi connectivity index (χ2n) is 9.68.